The average molecular weight is 308 g/mol. The number of ether oxygens (including phenoxy) is 2. The van der Waals surface area contributed by atoms with Gasteiger partial charge in [0.05, 0.1) is 19.8 Å². The second kappa shape index (κ2) is 6.09. The normalized spacial score (nSPS) is 31.8. The summed E-state index contributed by atoms with van der Waals surface area (Å²) in [5.74, 6) is 1.58. The van der Waals surface area contributed by atoms with Gasteiger partial charge in [-0.2, -0.15) is 11.8 Å². The number of fused-ring (bicyclic) bond motifs is 2. The lowest BCUT2D eigenvalue weighted by atomic mass is 9.81. The highest BCUT2D eigenvalue weighted by molar-refractivity contribution is 8.00. The van der Waals surface area contributed by atoms with Gasteiger partial charge in [-0.05, 0) is 43.4 Å². The van der Waals surface area contributed by atoms with Crippen molar-refractivity contribution in [1.29, 1.82) is 0 Å². The Morgan fingerprint density at radius 1 is 1.10 bits per heavy atom. The maximum absolute atomic E-state index is 11.1. The lowest BCUT2D eigenvalue weighted by Crippen LogP contribution is -2.44. The summed E-state index contributed by atoms with van der Waals surface area (Å²) in [5.41, 5.74) is 0.525. The maximum atomic E-state index is 11.1. The van der Waals surface area contributed by atoms with E-state index in [4.69, 9.17) is 9.47 Å². The van der Waals surface area contributed by atoms with E-state index in [1.54, 1.807) is 14.2 Å². The zero-order chi connectivity index (χ0) is 14.9. The zero-order valence-corrected chi connectivity index (χ0v) is 13.6. The fourth-order valence-electron chi connectivity index (χ4n) is 3.71. The Balaban J connectivity index is 1.78. The molecule has 0 aliphatic carbocycles. The van der Waals surface area contributed by atoms with E-state index in [9.17, 15) is 5.11 Å². The zero-order valence-electron chi connectivity index (χ0n) is 12.8. The molecule has 1 aromatic rings. The fraction of sp³-hybridized carbons (Fsp3) is 0.647. The topological polar surface area (TPSA) is 38.7 Å². The van der Waals surface area contributed by atoms with Gasteiger partial charge < -0.3 is 14.6 Å². The Labute approximate surface area is 131 Å². The van der Waals surface area contributed by atoms with Crippen molar-refractivity contribution in [2.75, 3.05) is 14.2 Å². The molecule has 3 nitrogen and oxygen atoms in total. The molecule has 2 unspecified atom stereocenters. The van der Waals surface area contributed by atoms with Gasteiger partial charge in [0.2, 0.25) is 0 Å². The van der Waals surface area contributed by atoms with Crippen molar-refractivity contribution >= 4 is 11.8 Å². The Morgan fingerprint density at radius 3 is 2.19 bits per heavy atom. The smallest absolute Gasteiger partial charge is 0.122 e. The van der Waals surface area contributed by atoms with Gasteiger partial charge in [-0.1, -0.05) is 6.42 Å². The van der Waals surface area contributed by atoms with E-state index in [-0.39, 0.29) is 0 Å². The van der Waals surface area contributed by atoms with Gasteiger partial charge in [-0.25, -0.2) is 0 Å². The van der Waals surface area contributed by atoms with Crippen LogP contribution in [-0.2, 0) is 6.42 Å². The monoisotopic (exact) mass is 308 g/mol. The summed E-state index contributed by atoms with van der Waals surface area (Å²) in [6.45, 7) is 0. The third-order valence-electron chi connectivity index (χ3n) is 4.60. The fourth-order valence-corrected chi connectivity index (χ4v) is 5.67. The van der Waals surface area contributed by atoms with Gasteiger partial charge in [0.15, 0.2) is 0 Å². The van der Waals surface area contributed by atoms with E-state index < -0.39 is 5.60 Å². The molecule has 0 spiro atoms. The number of aliphatic hydroxyl groups is 1. The lowest BCUT2D eigenvalue weighted by Gasteiger charge is -2.44. The van der Waals surface area contributed by atoms with Crippen LogP contribution in [0, 0.1) is 0 Å². The molecule has 4 heteroatoms. The van der Waals surface area contributed by atoms with Gasteiger partial charge in [0.25, 0.3) is 0 Å². The maximum Gasteiger partial charge on any atom is 0.122 e. The average Bonchev–Trinajstić information content (AvgIpc) is 2.45. The molecule has 2 saturated heterocycles. The van der Waals surface area contributed by atoms with E-state index in [2.05, 4.69) is 11.8 Å². The third-order valence-corrected chi connectivity index (χ3v) is 6.17. The number of rotatable bonds is 4. The second-order valence-electron chi connectivity index (χ2n) is 6.34. The van der Waals surface area contributed by atoms with Gasteiger partial charge in [0, 0.05) is 23.0 Å². The molecule has 1 N–H and O–H groups in total. The SMILES string of the molecule is COc1cc(CC2(O)CC3CCCC(C2)S3)cc(OC)c1. The first kappa shape index (κ1) is 15.0. The van der Waals surface area contributed by atoms with Crippen LogP contribution in [0.15, 0.2) is 18.2 Å². The molecule has 2 aliphatic heterocycles. The predicted octanol–water partition coefficient (Wildman–Crippen LogP) is 3.43. The number of hydrogen-bond donors (Lipinski definition) is 1. The molecular formula is C17H24O3S. The highest BCUT2D eigenvalue weighted by Crippen LogP contribution is 2.46. The summed E-state index contributed by atoms with van der Waals surface area (Å²) >= 11 is 2.09. The van der Waals surface area contributed by atoms with E-state index in [1.807, 2.05) is 18.2 Å². The minimum Gasteiger partial charge on any atom is -0.497 e. The standard InChI is InChI=1S/C17H24O3S/c1-19-13-6-12(7-14(8-13)20-2)9-17(18)10-15-4-3-5-16(11-17)21-15/h6-8,15-16,18H,3-5,9-11H2,1-2H3. The van der Waals surface area contributed by atoms with Gasteiger partial charge in [-0.3, -0.25) is 0 Å². The Morgan fingerprint density at radius 2 is 1.67 bits per heavy atom. The molecule has 2 fully saturated rings. The molecule has 2 atom stereocenters. The summed E-state index contributed by atoms with van der Waals surface area (Å²) in [5, 5.41) is 12.3. The van der Waals surface area contributed by atoms with Crippen molar-refractivity contribution in [3.63, 3.8) is 0 Å². The van der Waals surface area contributed by atoms with Gasteiger partial charge in [-0.15, -0.1) is 0 Å². The Hall–Kier alpha value is -0.870. The molecule has 21 heavy (non-hydrogen) atoms. The molecular weight excluding hydrogens is 284 g/mol. The number of hydrogen-bond acceptors (Lipinski definition) is 4. The van der Waals surface area contributed by atoms with Crippen LogP contribution in [0.5, 0.6) is 11.5 Å². The molecule has 0 radical (unpaired) electrons. The van der Waals surface area contributed by atoms with E-state index in [0.29, 0.717) is 16.9 Å². The first-order chi connectivity index (χ1) is 10.1. The van der Waals surface area contributed by atoms with E-state index >= 15 is 0 Å². The largest absolute Gasteiger partial charge is 0.497 e. The summed E-state index contributed by atoms with van der Waals surface area (Å²) in [4.78, 5) is 0. The van der Waals surface area contributed by atoms with Crippen LogP contribution in [0.2, 0.25) is 0 Å². The van der Waals surface area contributed by atoms with Crippen molar-refractivity contribution in [3.05, 3.63) is 23.8 Å². The first-order valence-corrected chi connectivity index (χ1v) is 8.64. The third kappa shape index (κ3) is 3.49. The molecule has 0 aromatic heterocycles. The molecule has 1 aromatic carbocycles. The lowest BCUT2D eigenvalue weighted by molar-refractivity contribution is 0.0129. The molecule has 3 rings (SSSR count). The van der Waals surface area contributed by atoms with Crippen molar-refractivity contribution in [3.8, 4) is 11.5 Å². The van der Waals surface area contributed by atoms with Crippen molar-refractivity contribution in [2.24, 2.45) is 0 Å². The van der Waals surface area contributed by atoms with Gasteiger partial charge in [0.1, 0.15) is 11.5 Å². The molecule has 0 amide bonds. The van der Waals surface area contributed by atoms with Crippen LogP contribution >= 0.6 is 11.8 Å². The van der Waals surface area contributed by atoms with Gasteiger partial charge >= 0.3 is 0 Å². The molecule has 2 bridgehead atoms. The summed E-state index contributed by atoms with van der Waals surface area (Å²) in [7, 11) is 3.32. The van der Waals surface area contributed by atoms with Crippen molar-refractivity contribution in [1.82, 2.24) is 0 Å². The minimum atomic E-state index is -0.571. The van der Waals surface area contributed by atoms with Crippen LogP contribution in [0.1, 0.15) is 37.7 Å². The molecule has 2 heterocycles. The van der Waals surface area contributed by atoms with Crippen LogP contribution in [0.25, 0.3) is 0 Å². The van der Waals surface area contributed by atoms with Crippen LogP contribution in [0.4, 0.5) is 0 Å². The second-order valence-corrected chi connectivity index (χ2v) is 7.95. The molecule has 116 valence electrons. The first-order valence-electron chi connectivity index (χ1n) is 7.70. The highest BCUT2D eigenvalue weighted by Gasteiger charge is 2.41. The van der Waals surface area contributed by atoms with Crippen LogP contribution in [-0.4, -0.2) is 35.4 Å². The summed E-state index contributed by atoms with van der Waals surface area (Å²) < 4.78 is 10.7. The summed E-state index contributed by atoms with van der Waals surface area (Å²) in [6.07, 6.45) is 6.34. The quantitative estimate of drug-likeness (QED) is 0.925. The van der Waals surface area contributed by atoms with Crippen molar-refractivity contribution in [2.45, 2.75) is 54.6 Å². The molecule has 2 aliphatic rings. The number of benzene rings is 1. The highest BCUT2D eigenvalue weighted by atomic mass is 32.2. The molecule has 0 saturated carbocycles. The van der Waals surface area contributed by atoms with Crippen LogP contribution in [0.3, 0.4) is 0 Å². The van der Waals surface area contributed by atoms with Crippen molar-refractivity contribution < 1.29 is 14.6 Å². The van der Waals surface area contributed by atoms with E-state index in [0.717, 1.165) is 29.9 Å². The Bertz CT molecular complexity index is 469. The number of methoxy groups -OCH3 is 2. The number of thioether (sulfide) groups is 1. The predicted molar refractivity (Wildman–Crippen MR) is 86.5 cm³/mol. The van der Waals surface area contributed by atoms with Crippen LogP contribution < -0.4 is 9.47 Å². The minimum absolute atomic E-state index is 0.571. The summed E-state index contributed by atoms with van der Waals surface area (Å²) in [6, 6.07) is 5.90. The Kier molecular flexibility index (Phi) is 4.36. The van der Waals surface area contributed by atoms with E-state index in [1.165, 1.54) is 19.3 Å².